The molecule has 0 aliphatic carbocycles. The first kappa shape index (κ1) is 14.2. The van der Waals surface area contributed by atoms with Crippen molar-refractivity contribution in [3.05, 3.63) is 16.5 Å². The summed E-state index contributed by atoms with van der Waals surface area (Å²) in [7, 11) is 1.63. The van der Waals surface area contributed by atoms with Gasteiger partial charge in [0.05, 0.1) is 31.2 Å². The lowest BCUT2D eigenvalue weighted by molar-refractivity contribution is 0.0536. The highest BCUT2D eigenvalue weighted by Crippen LogP contribution is 2.20. The number of halogens is 1. The van der Waals surface area contributed by atoms with Crippen molar-refractivity contribution >= 4 is 11.6 Å². The van der Waals surface area contributed by atoms with Crippen LogP contribution in [-0.2, 0) is 9.47 Å². The summed E-state index contributed by atoms with van der Waals surface area (Å²) in [5, 5.41) is 0.282. The Bertz CT molecular complexity index is 361. The molecule has 0 fully saturated rings. The van der Waals surface area contributed by atoms with Crippen LogP contribution < -0.4 is 4.74 Å². The van der Waals surface area contributed by atoms with E-state index in [2.05, 4.69) is 9.97 Å². The van der Waals surface area contributed by atoms with Crippen LogP contribution in [0, 0.1) is 13.8 Å². The third-order valence-electron chi connectivity index (χ3n) is 2.13. The Morgan fingerprint density at radius 1 is 1.00 bits per heavy atom. The molecule has 5 nitrogen and oxygen atoms in total. The number of hydrogen-bond donors (Lipinski definition) is 0. The minimum absolute atomic E-state index is 0.282. The molecule has 0 saturated heterocycles. The van der Waals surface area contributed by atoms with Gasteiger partial charge in [-0.25, -0.2) is 9.97 Å². The van der Waals surface area contributed by atoms with Gasteiger partial charge in [0.25, 0.3) is 5.88 Å². The molecular formula is C11H17ClN2O3. The van der Waals surface area contributed by atoms with Gasteiger partial charge in [0.15, 0.2) is 5.15 Å². The van der Waals surface area contributed by atoms with E-state index in [0.717, 1.165) is 11.4 Å². The highest BCUT2D eigenvalue weighted by Gasteiger charge is 2.07. The second-order valence-corrected chi connectivity index (χ2v) is 3.80. The van der Waals surface area contributed by atoms with E-state index in [0.29, 0.717) is 32.3 Å². The average molecular weight is 261 g/mol. The Balaban J connectivity index is 2.34. The fourth-order valence-corrected chi connectivity index (χ4v) is 1.31. The molecule has 17 heavy (non-hydrogen) atoms. The summed E-state index contributed by atoms with van der Waals surface area (Å²) in [4.78, 5) is 8.33. The Hall–Kier alpha value is -0.910. The van der Waals surface area contributed by atoms with E-state index < -0.39 is 0 Å². The van der Waals surface area contributed by atoms with Gasteiger partial charge in [-0.2, -0.15) is 0 Å². The van der Waals surface area contributed by atoms with Crippen LogP contribution in [0.5, 0.6) is 5.88 Å². The predicted octanol–water partition coefficient (Wildman–Crippen LogP) is 1.79. The van der Waals surface area contributed by atoms with Gasteiger partial charge in [0.2, 0.25) is 0 Å². The van der Waals surface area contributed by atoms with Crippen LogP contribution in [0.3, 0.4) is 0 Å². The molecule has 1 rings (SSSR count). The molecule has 0 N–H and O–H groups in total. The van der Waals surface area contributed by atoms with Gasteiger partial charge in [-0.15, -0.1) is 0 Å². The van der Waals surface area contributed by atoms with Gasteiger partial charge < -0.3 is 14.2 Å². The van der Waals surface area contributed by atoms with E-state index in [1.54, 1.807) is 7.11 Å². The van der Waals surface area contributed by atoms with Crippen LogP contribution in [-0.4, -0.2) is 43.5 Å². The highest BCUT2D eigenvalue weighted by molar-refractivity contribution is 6.30. The van der Waals surface area contributed by atoms with Crippen LogP contribution in [0.25, 0.3) is 0 Å². The number of ether oxygens (including phenoxy) is 3. The van der Waals surface area contributed by atoms with Crippen molar-refractivity contribution in [1.82, 2.24) is 9.97 Å². The maximum Gasteiger partial charge on any atom is 0.252 e. The number of aryl methyl sites for hydroxylation is 2. The van der Waals surface area contributed by atoms with Crippen LogP contribution in [0.1, 0.15) is 11.4 Å². The van der Waals surface area contributed by atoms with Crippen LogP contribution in [0.15, 0.2) is 0 Å². The van der Waals surface area contributed by atoms with Gasteiger partial charge in [0, 0.05) is 7.11 Å². The Kier molecular flexibility index (Phi) is 6.18. The standard InChI is InChI=1S/C11H17ClN2O3/c1-8-9(2)14-11(10(12)13-8)17-7-6-16-5-4-15-3/h4-7H2,1-3H3. The van der Waals surface area contributed by atoms with Crippen molar-refractivity contribution in [2.45, 2.75) is 13.8 Å². The summed E-state index contributed by atoms with van der Waals surface area (Å²) in [5.41, 5.74) is 1.61. The molecule has 0 bridgehead atoms. The minimum atomic E-state index is 0.282. The molecule has 6 heteroatoms. The third-order valence-corrected chi connectivity index (χ3v) is 2.38. The summed E-state index contributed by atoms with van der Waals surface area (Å²) in [6, 6.07) is 0. The fourth-order valence-electron chi connectivity index (χ4n) is 1.09. The highest BCUT2D eigenvalue weighted by atomic mass is 35.5. The molecule has 1 aromatic heterocycles. The zero-order valence-corrected chi connectivity index (χ0v) is 11.1. The lowest BCUT2D eigenvalue weighted by Crippen LogP contribution is -2.11. The van der Waals surface area contributed by atoms with E-state index in [1.807, 2.05) is 13.8 Å². The molecule has 0 aliphatic heterocycles. The minimum Gasteiger partial charge on any atom is -0.473 e. The number of aromatic nitrogens is 2. The van der Waals surface area contributed by atoms with E-state index in [4.69, 9.17) is 25.8 Å². The second-order valence-electron chi connectivity index (χ2n) is 3.44. The predicted molar refractivity (Wildman–Crippen MR) is 64.7 cm³/mol. The van der Waals surface area contributed by atoms with Gasteiger partial charge >= 0.3 is 0 Å². The fraction of sp³-hybridized carbons (Fsp3) is 0.636. The SMILES string of the molecule is COCCOCCOc1nc(C)c(C)nc1Cl. The molecule has 0 aromatic carbocycles. The van der Waals surface area contributed by atoms with Crippen molar-refractivity contribution < 1.29 is 14.2 Å². The van der Waals surface area contributed by atoms with Crippen LogP contribution in [0.4, 0.5) is 0 Å². The van der Waals surface area contributed by atoms with Crippen molar-refractivity contribution in [3.8, 4) is 5.88 Å². The summed E-state index contributed by atoms with van der Waals surface area (Å²) < 4.78 is 15.5. The normalized spacial score (nSPS) is 10.6. The molecule has 96 valence electrons. The second kappa shape index (κ2) is 7.42. The van der Waals surface area contributed by atoms with Gasteiger partial charge in [-0.3, -0.25) is 0 Å². The van der Waals surface area contributed by atoms with Crippen molar-refractivity contribution in [3.63, 3.8) is 0 Å². The Morgan fingerprint density at radius 3 is 2.35 bits per heavy atom. The average Bonchev–Trinajstić information content (AvgIpc) is 2.30. The third kappa shape index (κ3) is 4.85. The number of nitrogens with zero attached hydrogens (tertiary/aromatic N) is 2. The molecule has 0 saturated carbocycles. The first-order chi connectivity index (χ1) is 8.15. The Morgan fingerprint density at radius 2 is 1.65 bits per heavy atom. The summed E-state index contributed by atoms with van der Waals surface area (Å²) in [6.07, 6.45) is 0. The maximum atomic E-state index is 5.90. The number of hydrogen-bond acceptors (Lipinski definition) is 5. The van der Waals surface area contributed by atoms with E-state index >= 15 is 0 Å². The van der Waals surface area contributed by atoms with E-state index in [9.17, 15) is 0 Å². The van der Waals surface area contributed by atoms with E-state index in [1.165, 1.54) is 0 Å². The molecular weight excluding hydrogens is 244 g/mol. The van der Waals surface area contributed by atoms with Crippen LogP contribution >= 0.6 is 11.6 Å². The smallest absolute Gasteiger partial charge is 0.252 e. The van der Waals surface area contributed by atoms with Gasteiger partial charge in [0.1, 0.15) is 6.61 Å². The molecule has 0 radical (unpaired) electrons. The topological polar surface area (TPSA) is 53.5 Å². The largest absolute Gasteiger partial charge is 0.473 e. The van der Waals surface area contributed by atoms with E-state index in [-0.39, 0.29) is 5.15 Å². The molecule has 0 amide bonds. The quantitative estimate of drug-likeness (QED) is 0.700. The molecule has 0 unspecified atom stereocenters. The summed E-state index contributed by atoms with van der Waals surface area (Å²) >= 11 is 5.90. The maximum absolute atomic E-state index is 5.90. The Labute approximate surface area is 106 Å². The zero-order chi connectivity index (χ0) is 12.7. The first-order valence-corrected chi connectivity index (χ1v) is 5.73. The number of methoxy groups -OCH3 is 1. The van der Waals surface area contributed by atoms with Crippen LogP contribution in [0.2, 0.25) is 5.15 Å². The lowest BCUT2D eigenvalue weighted by atomic mass is 10.3. The van der Waals surface area contributed by atoms with Crippen molar-refractivity contribution in [2.75, 3.05) is 33.5 Å². The summed E-state index contributed by atoms with van der Waals surface area (Å²) in [6.45, 7) is 5.69. The first-order valence-electron chi connectivity index (χ1n) is 5.35. The lowest BCUT2D eigenvalue weighted by Gasteiger charge is -2.08. The molecule has 0 atom stereocenters. The number of rotatable bonds is 7. The van der Waals surface area contributed by atoms with Gasteiger partial charge in [-0.1, -0.05) is 11.6 Å². The van der Waals surface area contributed by atoms with Gasteiger partial charge in [-0.05, 0) is 13.8 Å². The molecule has 0 aliphatic rings. The summed E-state index contributed by atoms with van der Waals surface area (Å²) in [5.74, 6) is 0.352. The van der Waals surface area contributed by atoms with Crippen molar-refractivity contribution in [2.24, 2.45) is 0 Å². The molecule has 1 aromatic rings. The zero-order valence-electron chi connectivity index (χ0n) is 10.3. The molecule has 0 spiro atoms. The van der Waals surface area contributed by atoms with Crippen molar-refractivity contribution in [1.29, 1.82) is 0 Å². The molecule has 1 heterocycles. The monoisotopic (exact) mass is 260 g/mol.